The molecule has 0 bridgehead atoms. The number of nitrogens with one attached hydrogen (secondary N) is 3. The molecule has 1 aliphatic rings. The Morgan fingerprint density at radius 1 is 1.11 bits per heavy atom. The molecule has 0 fully saturated rings. The highest BCUT2D eigenvalue weighted by molar-refractivity contribution is 5.97. The zero-order valence-corrected chi connectivity index (χ0v) is 18.8. The molecule has 0 unspecified atom stereocenters. The topological polar surface area (TPSA) is 138 Å². The average molecular weight is 482 g/mol. The SMILES string of the molecule is C#Cc1cc(CNC(=O)c2cc(C(=O)N[C@@H]3CCc4cc(-c5nn[nH]n5)ccc43)ncn2)ccc1F. The van der Waals surface area contributed by atoms with Gasteiger partial charge < -0.3 is 10.6 Å². The van der Waals surface area contributed by atoms with Gasteiger partial charge in [-0.2, -0.15) is 5.21 Å². The van der Waals surface area contributed by atoms with Crippen molar-refractivity contribution in [2.45, 2.75) is 25.4 Å². The molecule has 36 heavy (non-hydrogen) atoms. The van der Waals surface area contributed by atoms with Crippen molar-refractivity contribution in [1.82, 2.24) is 41.2 Å². The van der Waals surface area contributed by atoms with Gasteiger partial charge in [0.15, 0.2) is 0 Å². The van der Waals surface area contributed by atoms with Gasteiger partial charge in [0, 0.05) is 18.2 Å². The van der Waals surface area contributed by atoms with Crippen molar-refractivity contribution in [3.63, 3.8) is 0 Å². The average Bonchev–Trinajstić information content (AvgIpc) is 3.58. The van der Waals surface area contributed by atoms with Crippen molar-refractivity contribution < 1.29 is 14.0 Å². The number of aryl methyl sites for hydroxylation is 1. The van der Waals surface area contributed by atoms with Gasteiger partial charge in [0.1, 0.15) is 23.5 Å². The molecule has 0 radical (unpaired) electrons. The molecule has 0 saturated heterocycles. The van der Waals surface area contributed by atoms with Crippen LogP contribution >= 0.6 is 0 Å². The van der Waals surface area contributed by atoms with Crippen LogP contribution in [-0.2, 0) is 13.0 Å². The first-order chi connectivity index (χ1) is 17.5. The fraction of sp³-hybridized carbons (Fsp3) is 0.160. The summed E-state index contributed by atoms with van der Waals surface area (Å²) >= 11 is 0. The van der Waals surface area contributed by atoms with E-state index in [2.05, 4.69) is 47.1 Å². The molecule has 1 aliphatic carbocycles. The van der Waals surface area contributed by atoms with Crippen LogP contribution in [-0.4, -0.2) is 42.4 Å². The highest BCUT2D eigenvalue weighted by Crippen LogP contribution is 2.33. The molecule has 3 N–H and O–H groups in total. The van der Waals surface area contributed by atoms with Crippen molar-refractivity contribution >= 4 is 11.8 Å². The highest BCUT2D eigenvalue weighted by atomic mass is 19.1. The number of nitrogens with zero attached hydrogens (tertiary/aromatic N) is 5. The van der Waals surface area contributed by atoms with Crippen LogP contribution in [0.5, 0.6) is 0 Å². The zero-order chi connectivity index (χ0) is 25.1. The van der Waals surface area contributed by atoms with Crippen molar-refractivity contribution in [1.29, 1.82) is 0 Å². The molecule has 4 aromatic rings. The van der Waals surface area contributed by atoms with E-state index in [0.717, 1.165) is 35.9 Å². The number of H-pyrrole nitrogens is 1. The van der Waals surface area contributed by atoms with Gasteiger partial charge in [0.05, 0.1) is 11.6 Å². The van der Waals surface area contributed by atoms with Gasteiger partial charge in [0.2, 0.25) is 5.82 Å². The second-order valence-corrected chi connectivity index (χ2v) is 8.14. The molecular weight excluding hydrogens is 463 g/mol. The molecule has 11 heteroatoms. The monoisotopic (exact) mass is 482 g/mol. The molecule has 2 aromatic heterocycles. The van der Waals surface area contributed by atoms with E-state index in [1.807, 2.05) is 18.2 Å². The minimum absolute atomic E-state index is 0.0333. The van der Waals surface area contributed by atoms with Crippen LogP contribution in [0, 0.1) is 18.2 Å². The van der Waals surface area contributed by atoms with E-state index < -0.39 is 17.6 Å². The van der Waals surface area contributed by atoms with Gasteiger partial charge in [-0.1, -0.05) is 24.1 Å². The van der Waals surface area contributed by atoms with Crippen molar-refractivity contribution in [2.24, 2.45) is 0 Å². The molecule has 0 aliphatic heterocycles. The Morgan fingerprint density at radius 3 is 2.72 bits per heavy atom. The molecule has 0 spiro atoms. The number of carbonyl (C=O) groups excluding carboxylic acids is 2. The number of halogens is 1. The summed E-state index contributed by atoms with van der Waals surface area (Å²) in [6.07, 6.45) is 7.96. The van der Waals surface area contributed by atoms with Crippen LogP contribution in [0.2, 0.25) is 0 Å². The van der Waals surface area contributed by atoms with Crippen LogP contribution in [0.15, 0.2) is 48.8 Å². The second kappa shape index (κ2) is 9.71. The van der Waals surface area contributed by atoms with Gasteiger partial charge in [-0.15, -0.1) is 16.6 Å². The summed E-state index contributed by atoms with van der Waals surface area (Å²) in [6.45, 7) is 0.115. The van der Waals surface area contributed by atoms with Gasteiger partial charge in [0.25, 0.3) is 11.8 Å². The summed E-state index contributed by atoms with van der Waals surface area (Å²) in [5, 5.41) is 19.7. The summed E-state index contributed by atoms with van der Waals surface area (Å²) in [7, 11) is 0. The van der Waals surface area contributed by atoms with Crippen LogP contribution in [0.1, 0.15) is 55.7 Å². The smallest absolute Gasteiger partial charge is 0.270 e. The van der Waals surface area contributed by atoms with Gasteiger partial charge in [-0.05, 0) is 52.9 Å². The fourth-order valence-corrected chi connectivity index (χ4v) is 4.09. The number of aromatic amines is 1. The predicted octanol–water partition coefficient (Wildman–Crippen LogP) is 2.12. The largest absolute Gasteiger partial charge is 0.347 e. The quantitative estimate of drug-likeness (QED) is 0.358. The van der Waals surface area contributed by atoms with Gasteiger partial charge in [-0.3, -0.25) is 9.59 Å². The Hall–Kier alpha value is -4.98. The molecule has 178 valence electrons. The number of fused-ring (bicyclic) bond motifs is 1. The van der Waals surface area contributed by atoms with Crippen molar-refractivity contribution in [3.8, 4) is 23.7 Å². The van der Waals surface area contributed by atoms with Crippen molar-refractivity contribution in [2.75, 3.05) is 0 Å². The maximum absolute atomic E-state index is 13.6. The van der Waals surface area contributed by atoms with E-state index in [0.29, 0.717) is 11.4 Å². The number of rotatable bonds is 6. The molecule has 2 amide bonds. The molecule has 2 heterocycles. The van der Waals surface area contributed by atoms with Gasteiger partial charge in [-0.25, -0.2) is 14.4 Å². The Bertz CT molecular complexity index is 1500. The maximum atomic E-state index is 13.6. The molecule has 0 saturated carbocycles. The lowest BCUT2D eigenvalue weighted by atomic mass is 10.0. The molecular formula is C25H19FN8O2. The highest BCUT2D eigenvalue weighted by Gasteiger charge is 2.26. The van der Waals surface area contributed by atoms with Crippen LogP contribution in [0.25, 0.3) is 11.4 Å². The zero-order valence-electron chi connectivity index (χ0n) is 18.8. The number of terminal acetylenes is 1. The first-order valence-corrected chi connectivity index (χ1v) is 11.0. The van der Waals surface area contributed by atoms with Crippen molar-refractivity contribution in [3.05, 3.63) is 88.3 Å². The van der Waals surface area contributed by atoms with E-state index in [1.54, 1.807) is 0 Å². The number of amides is 2. The Kier molecular flexibility index (Phi) is 6.15. The second-order valence-electron chi connectivity index (χ2n) is 8.14. The lowest BCUT2D eigenvalue weighted by molar-refractivity contribution is 0.0931. The normalized spacial score (nSPS) is 14.1. The van der Waals surface area contributed by atoms with Crippen LogP contribution in [0.3, 0.4) is 0 Å². The standard InChI is InChI=1S/C25H19FN8O2/c1-2-15-9-14(3-7-19(15)26)12-27-24(35)21-11-22(29-13-28-21)25(36)30-20-8-5-16-10-17(4-6-18(16)20)23-31-33-34-32-23/h1,3-4,6-7,9-11,13,20H,5,8,12H2,(H,27,35)(H,30,36)(H,31,32,33,34)/t20-/m1/s1. The van der Waals surface area contributed by atoms with E-state index in [1.165, 1.54) is 24.3 Å². The number of aromatic nitrogens is 6. The maximum Gasteiger partial charge on any atom is 0.270 e. The number of hydrogen-bond donors (Lipinski definition) is 3. The molecule has 1 atom stereocenters. The first kappa shape index (κ1) is 22.8. The van der Waals surface area contributed by atoms with Crippen LogP contribution < -0.4 is 10.6 Å². The third kappa shape index (κ3) is 4.65. The number of hydrogen-bond acceptors (Lipinski definition) is 7. The summed E-state index contributed by atoms with van der Waals surface area (Å²) in [5.74, 6) is 1.35. The van der Waals surface area contributed by atoms with Crippen LogP contribution in [0.4, 0.5) is 4.39 Å². The summed E-state index contributed by atoms with van der Waals surface area (Å²) in [6, 6.07) is 11.2. The first-order valence-electron chi connectivity index (χ1n) is 11.0. The summed E-state index contributed by atoms with van der Waals surface area (Å²) < 4.78 is 13.6. The van der Waals surface area contributed by atoms with E-state index in [4.69, 9.17) is 6.42 Å². The lowest BCUT2D eigenvalue weighted by Crippen LogP contribution is -2.29. The van der Waals surface area contributed by atoms with E-state index in [9.17, 15) is 14.0 Å². The van der Waals surface area contributed by atoms with Gasteiger partial charge >= 0.3 is 0 Å². The third-order valence-corrected chi connectivity index (χ3v) is 5.90. The third-order valence-electron chi connectivity index (χ3n) is 5.90. The fourth-order valence-electron chi connectivity index (χ4n) is 4.09. The molecule has 5 rings (SSSR count). The lowest BCUT2D eigenvalue weighted by Gasteiger charge is -2.14. The number of tetrazole rings is 1. The summed E-state index contributed by atoms with van der Waals surface area (Å²) in [4.78, 5) is 33.5. The number of carbonyl (C=O) groups is 2. The minimum Gasteiger partial charge on any atom is -0.347 e. The minimum atomic E-state index is -0.503. The molecule has 2 aromatic carbocycles. The Morgan fingerprint density at radius 2 is 1.94 bits per heavy atom. The Balaban J connectivity index is 1.24. The summed E-state index contributed by atoms with van der Waals surface area (Å²) in [5.41, 5.74) is 3.80. The Labute approximate surface area is 204 Å². The van der Waals surface area contributed by atoms with E-state index in [-0.39, 0.29) is 29.5 Å². The molecule has 10 nitrogen and oxygen atoms in total. The number of benzene rings is 2. The van der Waals surface area contributed by atoms with E-state index >= 15 is 0 Å². The predicted molar refractivity (Wildman–Crippen MR) is 126 cm³/mol.